The molecular formula is C18H22N2O5S. The number of nitrogens with one attached hydrogen (secondary N) is 1. The van der Waals surface area contributed by atoms with Crippen LogP contribution in [0.15, 0.2) is 40.3 Å². The monoisotopic (exact) mass is 378 g/mol. The molecular weight excluding hydrogens is 356 g/mol. The molecule has 0 aromatic heterocycles. The summed E-state index contributed by atoms with van der Waals surface area (Å²) in [6, 6.07) is 8.58. The van der Waals surface area contributed by atoms with E-state index in [9.17, 15) is 8.42 Å². The maximum Gasteiger partial charge on any atom is 0.276 e. The van der Waals surface area contributed by atoms with Crippen molar-refractivity contribution in [2.45, 2.75) is 18.7 Å². The Morgan fingerprint density at radius 1 is 0.962 bits per heavy atom. The minimum Gasteiger partial charge on any atom is -0.493 e. The lowest BCUT2D eigenvalue weighted by Crippen LogP contribution is -2.19. The highest BCUT2D eigenvalue weighted by Crippen LogP contribution is 2.38. The first-order chi connectivity index (χ1) is 12.3. The zero-order chi connectivity index (χ0) is 19.3. The second kappa shape index (κ2) is 8.09. The number of methoxy groups -OCH3 is 3. The van der Waals surface area contributed by atoms with Gasteiger partial charge in [0.2, 0.25) is 5.75 Å². The fourth-order valence-electron chi connectivity index (χ4n) is 2.44. The molecule has 7 nitrogen and oxygen atoms in total. The lowest BCUT2D eigenvalue weighted by molar-refractivity contribution is 0.324. The van der Waals surface area contributed by atoms with Gasteiger partial charge in [0.1, 0.15) is 0 Å². The summed E-state index contributed by atoms with van der Waals surface area (Å²) >= 11 is 0. The summed E-state index contributed by atoms with van der Waals surface area (Å²) in [7, 11) is 0.713. The molecule has 8 heteroatoms. The number of sulfonamides is 1. The number of rotatable bonds is 7. The fraction of sp³-hybridized carbons (Fsp3) is 0.278. The van der Waals surface area contributed by atoms with Gasteiger partial charge in [-0.3, -0.25) is 0 Å². The molecule has 0 aliphatic carbocycles. The predicted molar refractivity (Wildman–Crippen MR) is 99.9 cm³/mol. The highest BCUT2D eigenvalue weighted by molar-refractivity contribution is 7.89. The maximum absolute atomic E-state index is 12.5. The summed E-state index contributed by atoms with van der Waals surface area (Å²) < 4.78 is 40.8. The standard InChI is InChI=1S/C18H22N2O5S/c1-12-6-7-13(2)16(10-12)26(21,22)20-19-11-14-8-9-15(23-3)18(25-5)17(14)24-4/h6-11,20H,1-5H3/b19-11-. The van der Waals surface area contributed by atoms with E-state index in [0.717, 1.165) is 5.56 Å². The van der Waals surface area contributed by atoms with Gasteiger partial charge in [0.05, 0.1) is 32.4 Å². The van der Waals surface area contributed by atoms with Gasteiger partial charge in [-0.1, -0.05) is 12.1 Å². The molecule has 0 spiro atoms. The molecule has 0 saturated carbocycles. The van der Waals surface area contributed by atoms with Crippen molar-refractivity contribution in [2.24, 2.45) is 5.10 Å². The van der Waals surface area contributed by atoms with Gasteiger partial charge in [0.25, 0.3) is 10.0 Å². The summed E-state index contributed by atoms with van der Waals surface area (Å²) in [6.07, 6.45) is 1.35. The molecule has 0 fully saturated rings. The number of hydrogen-bond donors (Lipinski definition) is 1. The van der Waals surface area contributed by atoms with E-state index in [1.165, 1.54) is 27.5 Å². The highest BCUT2D eigenvalue weighted by atomic mass is 32.2. The van der Waals surface area contributed by atoms with Gasteiger partial charge in [0, 0.05) is 5.56 Å². The molecule has 2 rings (SSSR count). The molecule has 0 bridgehead atoms. The first-order valence-corrected chi connectivity index (χ1v) is 9.23. The Balaban J connectivity index is 2.32. The number of hydrogen-bond acceptors (Lipinski definition) is 6. The Bertz CT molecular complexity index is 923. The minimum absolute atomic E-state index is 0.189. The van der Waals surface area contributed by atoms with Crippen LogP contribution in [0.1, 0.15) is 16.7 Å². The van der Waals surface area contributed by atoms with Crippen LogP contribution in [-0.2, 0) is 10.0 Å². The van der Waals surface area contributed by atoms with Crippen molar-refractivity contribution >= 4 is 16.2 Å². The first-order valence-electron chi connectivity index (χ1n) is 7.75. The lowest BCUT2D eigenvalue weighted by atomic mass is 10.2. The predicted octanol–water partition coefficient (Wildman–Crippen LogP) is 2.64. The van der Waals surface area contributed by atoms with Crippen LogP contribution in [-0.4, -0.2) is 36.0 Å². The van der Waals surface area contributed by atoms with E-state index in [1.54, 1.807) is 31.2 Å². The average molecular weight is 378 g/mol. The Kier molecular flexibility index (Phi) is 6.10. The van der Waals surface area contributed by atoms with Crippen LogP contribution in [0.25, 0.3) is 0 Å². The number of nitrogens with zero attached hydrogens (tertiary/aromatic N) is 1. The quantitative estimate of drug-likeness (QED) is 0.591. The molecule has 0 atom stereocenters. The van der Waals surface area contributed by atoms with Crippen molar-refractivity contribution in [3.8, 4) is 17.2 Å². The second-order valence-corrected chi connectivity index (χ2v) is 7.17. The summed E-state index contributed by atoms with van der Waals surface area (Å²) in [5.74, 6) is 1.29. The number of hydrazone groups is 1. The van der Waals surface area contributed by atoms with Gasteiger partial charge >= 0.3 is 0 Å². The fourth-order valence-corrected chi connectivity index (χ4v) is 3.56. The van der Waals surface area contributed by atoms with E-state index in [1.807, 2.05) is 13.0 Å². The zero-order valence-electron chi connectivity index (χ0n) is 15.4. The van der Waals surface area contributed by atoms with E-state index in [4.69, 9.17) is 14.2 Å². The van der Waals surface area contributed by atoms with Crippen LogP contribution in [0, 0.1) is 13.8 Å². The molecule has 0 aliphatic rings. The van der Waals surface area contributed by atoms with E-state index < -0.39 is 10.0 Å². The van der Waals surface area contributed by atoms with E-state index in [-0.39, 0.29) is 4.90 Å². The normalized spacial score (nSPS) is 11.4. The zero-order valence-corrected chi connectivity index (χ0v) is 16.2. The summed E-state index contributed by atoms with van der Waals surface area (Å²) in [4.78, 5) is 2.41. The van der Waals surface area contributed by atoms with Crippen molar-refractivity contribution < 1.29 is 22.6 Å². The molecule has 0 unspecified atom stereocenters. The van der Waals surface area contributed by atoms with Crippen LogP contribution in [0.3, 0.4) is 0 Å². The molecule has 0 heterocycles. The van der Waals surface area contributed by atoms with Crippen LogP contribution < -0.4 is 19.0 Å². The van der Waals surface area contributed by atoms with Crippen molar-refractivity contribution in [1.82, 2.24) is 4.83 Å². The van der Waals surface area contributed by atoms with Crippen molar-refractivity contribution in [1.29, 1.82) is 0 Å². The third-order valence-corrected chi connectivity index (χ3v) is 5.11. The largest absolute Gasteiger partial charge is 0.493 e. The Morgan fingerprint density at radius 3 is 2.27 bits per heavy atom. The molecule has 0 saturated heterocycles. The smallest absolute Gasteiger partial charge is 0.276 e. The minimum atomic E-state index is -3.78. The Hall–Kier alpha value is -2.74. The van der Waals surface area contributed by atoms with Gasteiger partial charge in [-0.15, -0.1) is 0 Å². The number of benzene rings is 2. The van der Waals surface area contributed by atoms with E-state index in [2.05, 4.69) is 9.93 Å². The average Bonchev–Trinajstić information content (AvgIpc) is 2.62. The topological polar surface area (TPSA) is 86.2 Å². The van der Waals surface area contributed by atoms with E-state index in [0.29, 0.717) is 28.4 Å². The van der Waals surface area contributed by atoms with Crippen LogP contribution in [0.2, 0.25) is 0 Å². The second-order valence-electron chi connectivity index (χ2n) is 5.55. The van der Waals surface area contributed by atoms with Gasteiger partial charge in [-0.2, -0.15) is 13.5 Å². The number of aryl methyl sites for hydroxylation is 2. The van der Waals surface area contributed by atoms with Gasteiger partial charge in [0.15, 0.2) is 11.5 Å². The Labute approximate surface area is 153 Å². The molecule has 2 aromatic rings. The molecule has 0 aliphatic heterocycles. The third kappa shape index (κ3) is 4.08. The SMILES string of the molecule is COc1ccc(/C=N\NS(=O)(=O)c2cc(C)ccc2C)c(OC)c1OC. The molecule has 1 N–H and O–H groups in total. The molecule has 26 heavy (non-hydrogen) atoms. The van der Waals surface area contributed by atoms with Crippen molar-refractivity contribution in [2.75, 3.05) is 21.3 Å². The highest BCUT2D eigenvalue weighted by Gasteiger charge is 2.17. The molecule has 2 aromatic carbocycles. The Morgan fingerprint density at radius 2 is 1.65 bits per heavy atom. The molecule has 0 radical (unpaired) electrons. The van der Waals surface area contributed by atoms with Gasteiger partial charge in [-0.05, 0) is 43.2 Å². The van der Waals surface area contributed by atoms with Crippen LogP contribution >= 0.6 is 0 Å². The van der Waals surface area contributed by atoms with E-state index >= 15 is 0 Å². The van der Waals surface area contributed by atoms with Gasteiger partial charge in [-0.25, -0.2) is 4.83 Å². The van der Waals surface area contributed by atoms with Crippen LogP contribution in [0.4, 0.5) is 0 Å². The third-order valence-electron chi connectivity index (χ3n) is 3.74. The maximum atomic E-state index is 12.5. The molecule has 0 amide bonds. The van der Waals surface area contributed by atoms with Crippen molar-refractivity contribution in [3.63, 3.8) is 0 Å². The summed E-state index contributed by atoms with van der Waals surface area (Å²) in [5.41, 5.74) is 2.03. The first kappa shape index (κ1) is 19.6. The summed E-state index contributed by atoms with van der Waals surface area (Å²) in [6.45, 7) is 3.56. The van der Waals surface area contributed by atoms with Gasteiger partial charge < -0.3 is 14.2 Å². The number of ether oxygens (including phenoxy) is 3. The lowest BCUT2D eigenvalue weighted by Gasteiger charge is -2.13. The molecule has 140 valence electrons. The summed E-state index contributed by atoms with van der Waals surface area (Å²) in [5, 5.41) is 3.86. The van der Waals surface area contributed by atoms with Crippen molar-refractivity contribution in [3.05, 3.63) is 47.0 Å². The van der Waals surface area contributed by atoms with Crippen LogP contribution in [0.5, 0.6) is 17.2 Å².